The summed E-state index contributed by atoms with van der Waals surface area (Å²) in [5, 5.41) is 3.15. The molecule has 0 aliphatic rings. The van der Waals surface area contributed by atoms with Crippen LogP contribution in [0.15, 0.2) is 60.7 Å². The minimum absolute atomic E-state index is 0.345. The van der Waals surface area contributed by atoms with Crippen LogP contribution in [0.25, 0.3) is 0 Å². The highest BCUT2D eigenvalue weighted by molar-refractivity contribution is 7.92. The fraction of sp³-hybridized carbons (Fsp3) is 0.208. The van der Waals surface area contributed by atoms with E-state index in [0.29, 0.717) is 27.9 Å². The molecule has 0 aliphatic carbocycles. The first-order chi connectivity index (χ1) is 15.0. The maximum atomic E-state index is 12.9. The van der Waals surface area contributed by atoms with E-state index in [1.54, 1.807) is 30.3 Å². The summed E-state index contributed by atoms with van der Waals surface area (Å²) in [6.07, 6.45) is 1.09. The van der Waals surface area contributed by atoms with Crippen molar-refractivity contribution in [2.24, 2.45) is 0 Å². The van der Waals surface area contributed by atoms with Crippen LogP contribution in [0.1, 0.15) is 16.7 Å². The van der Waals surface area contributed by atoms with Crippen LogP contribution in [0, 0.1) is 20.8 Å². The van der Waals surface area contributed by atoms with Crippen molar-refractivity contribution < 1.29 is 17.9 Å². The number of aryl methyl sites for hydroxylation is 3. The molecule has 0 atom stereocenters. The van der Waals surface area contributed by atoms with Gasteiger partial charge in [0.1, 0.15) is 12.3 Å². The molecule has 1 amide bonds. The van der Waals surface area contributed by atoms with Crippen LogP contribution in [0.3, 0.4) is 0 Å². The SMILES string of the molecule is Cc1cc(C)c(N(CC(=O)Nc2cc(Cl)ccc2Oc2ccccc2)S(C)(=O)=O)c(C)c1. The van der Waals surface area contributed by atoms with Gasteiger partial charge in [0.15, 0.2) is 5.75 Å². The molecule has 0 aromatic heterocycles. The van der Waals surface area contributed by atoms with Gasteiger partial charge in [0.25, 0.3) is 0 Å². The zero-order chi connectivity index (χ0) is 23.5. The molecule has 3 rings (SSSR count). The van der Waals surface area contributed by atoms with E-state index >= 15 is 0 Å². The number of halogens is 1. The van der Waals surface area contributed by atoms with Gasteiger partial charge >= 0.3 is 0 Å². The summed E-state index contributed by atoms with van der Waals surface area (Å²) >= 11 is 6.12. The minimum atomic E-state index is -3.71. The third-order valence-electron chi connectivity index (χ3n) is 4.76. The Morgan fingerprint density at radius 1 is 1.00 bits per heavy atom. The predicted octanol–water partition coefficient (Wildman–Crippen LogP) is 5.46. The number of amides is 1. The van der Waals surface area contributed by atoms with Gasteiger partial charge in [-0.15, -0.1) is 0 Å². The van der Waals surface area contributed by atoms with Gasteiger partial charge in [-0.2, -0.15) is 0 Å². The number of para-hydroxylation sites is 1. The number of nitrogens with zero attached hydrogens (tertiary/aromatic N) is 1. The van der Waals surface area contributed by atoms with E-state index in [1.807, 2.05) is 51.1 Å². The molecule has 0 aliphatic heterocycles. The molecule has 0 saturated carbocycles. The second-order valence-electron chi connectivity index (χ2n) is 7.62. The summed E-state index contributed by atoms with van der Waals surface area (Å²) in [5.41, 5.74) is 3.41. The Hall–Kier alpha value is -3.03. The quantitative estimate of drug-likeness (QED) is 0.495. The summed E-state index contributed by atoms with van der Waals surface area (Å²) in [5.74, 6) is 0.464. The number of ether oxygens (including phenoxy) is 1. The molecule has 1 N–H and O–H groups in total. The van der Waals surface area contributed by atoms with Gasteiger partial charge in [-0.25, -0.2) is 8.42 Å². The molecule has 3 aromatic rings. The number of carbonyl (C=O) groups excluding carboxylic acids is 1. The number of hydrogen-bond acceptors (Lipinski definition) is 4. The molecule has 0 heterocycles. The fourth-order valence-electron chi connectivity index (χ4n) is 3.55. The lowest BCUT2D eigenvalue weighted by Crippen LogP contribution is -2.38. The molecule has 0 spiro atoms. The van der Waals surface area contributed by atoms with E-state index < -0.39 is 15.9 Å². The average molecular weight is 473 g/mol. The first-order valence-electron chi connectivity index (χ1n) is 9.92. The van der Waals surface area contributed by atoms with Crippen molar-refractivity contribution in [3.05, 3.63) is 82.4 Å². The molecule has 0 unspecified atom stereocenters. The Bertz CT molecular complexity index is 1220. The first kappa shape index (κ1) is 23.6. The molecule has 6 nitrogen and oxygen atoms in total. The zero-order valence-corrected chi connectivity index (χ0v) is 19.9. The number of anilines is 2. The van der Waals surface area contributed by atoms with Crippen molar-refractivity contribution >= 4 is 38.9 Å². The molecule has 8 heteroatoms. The number of nitrogens with one attached hydrogen (secondary N) is 1. The highest BCUT2D eigenvalue weighted by Gasteiger charge is 2.24. The highest BCUT2D eigenvalue weighted by atomic mass is 35.5. The highest BCUT2D eigenvalue weighted by Crippen LogP contribution is 2.33. The van der Waals surface area contributed by atoms with Crippen molar-refractivity contribution in [2.75, 3.05) is 22.4 Å². The molecular weight excluding hydrogens is 448 g/mol. The first-order valence-corrected chi connectivity index (χ1v) is 12.1. The van der Waals surface area contributed by atoms with Crippen LogP contribution in [0.2, 0.25) is 5.02 Å². The monoisotopic (exact) mass is 472 g/mol. The Kier molecular flexibility index (Phi) is 7.11. The van der Waals surface area contributed by atoms with Crippen LogP contribution in [-0.4, -0.2) is 27.1 Å². The second kappa shape index (κ2) is 9.63. The molecular formula is C24H25ClN2O4S. The van der Waals surface area contributed by atoms with E-state index in [-0.39, 0.29) is 6.54 Å². The number of hydrogen-bond donors (Lipinski definition) is 1. The predicted molar refractivity (Wildman–Crippen MR) is 129 cm³/mol. The van der Waals surface area contributed by atoms with Crippen molar-refractivity contribution in [1.29, 1.82) is 0 Å². The summed E-state index contributed by atoms with van der Waals surface area (Å²) in [4.78, 5) is 12.9. The van der Waals surface area contributed by atoms with Gasteiger partial charge in [-0.1, -0.05) is 47.5 Å². The lowest BCUT2D eigenvalue weighted by molar-refractivity contribution is -0.114. The van der Waals surface area contributed by atoms with E-state index in [9.17, 15) is 13.2 Å². The maximum Gasteiger partial charge on any atom is 0.245 e. The van der Waals surface area contributed by atoms with E-state index in [0.717, 1.165) is 27.3 Å². The minimum Gasteiger partial charge on any atom is -0.455 e. The zero-order valence-electron chi connectivity index (χ0n) is 18.3. The van der Waals surface area contributed by atoms with E-state index in [2.05, 4.69) is 5.32 Å². The molecule has 168 valence electrons. The molecule has 0 radical (unpaired) electrons. The molecule has 32 heavy (non-hydrogen) atoms. The summed E-state index contributed by atoms with van der Waals surface area (Å²) in [6, 6.07) is 17.7. The van der Waals surface area contributed by atoms with Crippen molar-refractivity contribution in [3.63, 3.8) is 0 Å². The third kappa shape index (κ3) is 5.81. The smallest absolute Gasteiger partial charge is 0.245 e. The Morgan fingerprint density at radius 2 is 1.62 bits per heavy atom. The number of sulfonamides is 1. The van der Waals surface area contributed by atoms with E-state index in [4.69, 9.17) is 16.3 Å². The standard InChI is InChI=1S/C24H25ClN2O4S/c1-16-12-17(2)24(18(3)13-16)27(32(4,29)30)15-23(28)26-21-14-19(25)10-11-22(21)31-20-8-6-5-7-9-20/h5-14H,15H2,1-4H3,(H,26,28). The van der Waals surface area contributed by atoms with Crippen LogP contribution in [0.4, 0.5) is 11.4 Å². The van der Waals surface area contributed by atoms with E-state index in [1.165, 1.54) is 0 Å². The lowest BCUT2D eigenvalue weighted by atomic mass is 10.1. The van der Waals surface area contributed by atoms with Gasteiger partial charge in [-0.3, -0.25) is 9.10 Å². The van der Waals surface area contributed by atoms with Gasteiger partial charge < -0.3 is 10.1 Å². The van der Waals surface area contributed by atoms with Gasteiger partial charge in [0.05, 0.1) is 17.6 Å². The molecule has 0 saturated heterocycles. The van der Waals surface area contributed by atoms with Gasteiger partial charge in [0, 0.05) is 5.02 Å². The van der Waals surface area contributed by atoms with Crippen molar-refractivity contribution in [1.82, 2.24) is 0 Å². The fourth-order valence-corrected chi connectivity index (χ4v) is 4.70. The van der Waals surface area contributed by atoms with Crippen molar-refractivity contribution in [2.45, 2.75) is 20.8 Å². The Labute approximate surface area is 193 Å². The van der Waals surface area contributed by atoms with Crippen LogP contribution < -0.4 is 14.4 Å². The molecule has 0 fully saturated rings. The Balaban J connectivity index is 1.89. The van der Waals surface area contributed by atoms with Crippen LogP contribution in [-0.2, 0) is 14.8 Å². The van der Waals surface area contributed by atoms with Gasteiger partial charge in [0.2, 0.25) is 15.9 Å². The van der Waals surface area contributed by atoms with Crippen molar-refractivity contribution in [3.8, 4) is 11.5 Å². The summed E-state index contributed by atoms with van der Waals surface area (Å²) in [7, 11) is -3.71. The average Bonchev–Trinajstić information content (AvgIpc) is 2.68. The maximum absolute atomic E-state index is 12.9. The number of carbonyl (C=O) groups is 1. The van der Waals surface area contributed by atoms with Crippen LogP contribution in [0.5, 0.6) is 11.5 Å². The molecule has 3 aromatic carbocycles. The normalized spacial score (nSPS) is 11.2. The summed E-state index contributed by atoms with van der Waals surface area (Å²) < 4.78 is 32.1. The lowest BCUT2D eigenvalue weighted by Gasteiger charge is -2.26. The second-order valence-corrected chi connectivity index (χ2v) is 9.96. The Morgan fingerprint density at radius 3 is 2.22 bits per heavy atom. The third-order valence-corrected chi connectivity index (χ3v) is 6.11. The van der Waals surface area contributed by atoms with Crippen LogP contribution >= 0.6 is 11.6 Å². The topological polar surface area (TPSA) is 75.7 Å². The number of rotatable bonds is 7. The molecule has 0 bridgehead atoms. The summed E-state index contributed by atoms with van der Waals surface area (Å²) in [6.45, 7) is 5.21. The van der Waals surface area contributed by atoms with Gasteiger partial charge in [-0.05, 0) is 62.2 Å². The number of benzene rings is 3. The largest absolute Gasteiger partial charge is 0.455 e.